The lowest BCUT2D eigenvalue weighted by Gasteiger charge is -2.07. The number of hydrogen-bond acceptors (Lipinski definition) is 4. The summed E-state index contributed by atoms with van der Waals surface area (Å²) in [6, 6.07) is 5.50. The first-order chi connectivity index (χ1) is 8.41. The minimum atomic E-state index is -3.05. The molecular weight excluding hydrogens is 248 g/mol. The van der Waals surface area contributed by atoms with E-state index in [0.29, 0.717) is 0 Å². The first-order valence-corrected chi connectivity index (χ1v) is 4.82. The largest absolute Gasteiger partial charge is 0.434 e. The highest BCUT2D eigenvalue weighted by Crippen LogP contribution is 2.23. The number of ether oxygens (including phenoxy) is 1. The molecule has 0 aliphatic rings. The van der Waals surface area contributed by atoms with Gasteiger partial charge in [0.1, 0.15) is 5.75 Å². The Morgan fingerprint density at radius 2 is 2.06 bits per heavy atom. The minimum Gasteiger partial charge on any atom is -0.434 e. The Kier molecular flexibility index (Phi) is 4.47. The van der Waals surface area contributed by atoms with Crippen LogP contribution in [0.4, 0.5) is 8.78 Å². The molecule has 0 fully saturated rings. The predicted molar refractivity (Wildman–Crippen MR) is 58.7 cm³/mol. The third-order valence-corrected chi connectivity index (χ3v) is 1.98. The number of para-hydroxylation sites is 1. The summed E-state index contributed by atoms with van der Waals surface area (Å²) >= 11 is 0. The Hall–Kier alpha value is -2.31. The second kappa shape index (κ2) is 5.85. The van der Waals surface area contributed by atoms with Crippen molar-refractivity contribution >= 4 is 11.9 Å². The fourth-order valence-corrected chi connectivity index (χ4v) is 1.23. The van der Waals surface area contributed by atoms with Crippen molar-refractivity contribution in [2.75, 3.05) is 0 Å². The van der Waals surface area contributed by atoms with Crippen molar-refractivity contribution in [1.29, 1.82) is 0 Å². The number of nitro groups is 1. The molecule has 1 rings (SSSR count). The highest BCUT2D eigenvalue weighted by atomic mass is 19.3. The molecule has 18 heavy (non-hydrogen) atoms. The number of carbonyl (C=O) groups excluding carboxylic acids is 1. The molecule has 0 saturated heterocycles. The lowest BCUT2D eigenvalue weighted by Crippen LogP contribution is -2.08. The van der Waals surface area contributed by atoms with Crippen LogP contribution in [-0.2, 0) is 4.79 Å². The van der Waals surface area contributed by atoms with Gasteiger partial charge in [0.25, 0.3) is 0 Å². The zero-order valence-electron chi connectivity index (χ0n) is 9.30. The maximum absolute atomic E-state index is 12.1. The molecule has 0 spiro atoms. The molecule has 96 valence electrons. The fourth-order valence-electron chi connectivity index (χ4n) is 1.23. The Labute approximate surface area is 101 Å². The van der Waals surface area contributed by atoms with E-state index in [2.05, 4.69) is 4.74 Å². The van der Waals surface area contributed by atoms with Gasteiger partial charge in [-0.25, -0.2) is 0 Å². The van der Waals surface area contributed by atoms with Crippen LogP contribution in [0.1, 0.15) is 12.5 Å². The number of nitrogens with zero attached hydrogens (tertiary/aromatic N) is 1. The highest BCUT2D eigenvalue weighted by molar-refractivity contribution is 5.95. The minimum absolute atomic E-state index is 0.0414. The van der Waals surface area contributed by atoms with Crippen LogP contribution in [0.25, 0.3) is 6.08 Å². The number of halogens is 2. The number of hydrogen-bond donors (Lipinski definition) is 0. The fraction of sp³-hybridized carbons (Fsp3) is 0.182. The second-order valence-electron chi connectivity index (χ2n) is 3.26. The van der Waals surface area contributed by atoms with Crippen LogP contribution < -0.4 is 4.74 Å². The summed E-state index contributed by atoms with van der Waals surface area (Å²) in [6.45, 7) is -2.03. The van der Waals surface area contributed by atoms with Gasteiger partial charge in [-0.1, -0.05) is 18.2 Å². The van der Waals surface area contributed by atoms with Crippen molar-refractivity contribution in [3.05, 3.63) is 45.6 Å². The molecule has 0 aliphatic carbocycles. The summed E-state index contributed by atoms with van der Waals surface area (Å²) in [4.78, 5) is 20.8. The number of alkyl halides is 2. The molecule has 0 bridgehead atoms. The van der Waals surface area contributed by atoms with Gasteiger partial charge >= 0.3 is 12.3 Å². The van der Waals surface area contributed by atoms with E-state index < -0.39 is 23.0 Å². The Balaban J connectivity index is 3.20. The zero-order valence-corrected chi connectivity index (χ0v) is 9.30. The number of ketones is 1. The van der Waals surface area contributed by atoms with E-state index in [1.165, 1.54) is 24.3 Å². The maximum atomic E-state index is 12.1. The van der Waals surface area contributed by atoms with Gasteiger partial charge in [-0.05, 0) is 6.07 Å². The third kappa shape index (κ3) is 3.62. The zero-order chi connectivity index (χ0) is 13.7. The average molecular weight is 257 g/mol. The first-order valence-electron chi connectivity index (χ1n) is 4.82. The van der Waals surface area contributed by atoms with E-state index in [1.54, 1.807) is 0 Å². The number of Topliss-reactive ketones (excluding diaryl/α,β-unsaturated/α-hetero) is 1. The normalized spacial score (nSPS) is 11.4. The van der Waals surface area contributed by atoms with Crippen molar-refractivity contribution in [2.45, 2.75) is 13.5 Å². The van der Waals surface area contributed by atoms with E-state index in [0.717, 1.165) is 13.0 Å². The molecule has 0 amide bonds. The summed E-state index contributed by atoms with van der Waals surface area (Å²) in [5, 5.41) is 10.6. The van der Waals surface area contributed by atoms with Crippen molar-refractivity contribution in [1.82, 2.24) is 0 Å². The van der Waals surface area contributed by atoms with Crippen LogP contribution in [0, 0.1) is 10.1 Å². The van der Waals surface area contributed by atoms with Crippen molar-refractivity contribution in [2.24, 2.45) is 0 Å². The summed E-state index contributed by atoms with van der Waals surface area (Å²) < 4.78 is 28.4. The van der Waals surface area contributed by atoms with Gasteiger partial charge in [-0.2, -0.15) is 8.78 Å². The third-order valence-electron chi connectivity index (χ3n) is 1.98. The van der Waals surface area contributed by atoms with Crippen LogP contribution in [0.3, 0.4) is 0 Å². The molecule has 0 heterocycles. The average Bonchev–Trinajstić information content (AvgIpc) is 2.26. The van der Waals surface area contributed by atoms with Gasteiger partial charge in [-0.15, -0.1) is 0 Å². The molecule has 0 saturated carbocycles. The van der Waals surface area contributed by atoms with Gasteiger partial charge in [0.2, 0.25) is 5.78 Å². The van der Waals surface area contributed by atoms with Crippen molar-refractivity contribution < 1.29 is 23.2 Å². The van der Waals surface area contributed by atoms with Gasteiger partial charge in [0.15, 0.2) is 0 Å². The van der Waals surface area contributed by atoms with Crippen LogP contribution >= 0.6 is 0 Å². The van der Waals surface area contributed by atoms with E-state index >= 15 is 0 Å². The second-order valence-corrected chi connectivity index (χ2v) is 3.26. The highest BCUT2D eigenvalue weighted by Gasteiger charge is 2.18. The Morgan fingerprint density at radius 1 is 1.44 bits per heavy atom. The quantitative estimate of drug-likeness (QED) is 0.461. The predicted octanol–water partition coefficient (Wildman–Crippen LogP) is 2.49. The van der Waals surface area contributed by atoms with Crippen LogP contribution in [0.15, 0.2) is 30.0 Å². The molecule has 0 unspecified atom stereocenters. The summed E-state index contributed by atoms with van der Waals surface area (Å²) in [7, 11) is 0. The van der Waals surface area contributed by atoms with Crippen LogP contribution in [0.5, 0.6) is 5.75 Å². The molecule has 0 aromatic heterocycles. The van der Waals surface area contributed by atoms with E-state index in [9.17, 15) is 23.7 Å². The first kappa shape index (κ1) is 13.8. The molecular formula is C11H9F2NO4. The molecule has 1 aromatic rings. The lowest BCUT2D eigenvalue weighted by molar-refractivity contribution is -0.417. The lowest BCUT2D eigenvalue weighted by atomic mass is 10.1. The summed E-state index contributed by atoms with van der Waals surface area (Å²) in [5.41, 5.74) is -0.653. The van der Waals surface area contributed by atoms with E-state index in [1.807, 2.05) is 0 Å². The van der Waals surface area contributed by atoms with Crippen LogP contribution in [-0.4, -0.2) is 17.3 Å². The van der Waals surface area contributed by atoms with Gasteiger partial charge in [0.05, 0.1) is 4.92 Å². The van der Waals surface area contributed by atoms with E-state index in [4.69, 9.17) is 0 Å². The number of rotatable bonds is 5. The molecule has 5 nitrogen and oxygen atoms in total. The Morgan fingerprint density at radius 3 is 2.56 bits per heavy atom. The number of benzene rings is 1. The smallest absolute Gasteiger partial charge is 0.387 e. The van der Waals surface area contributed by atoms with Gasteiger partial charge in [0, 0.05) is 18.6 Å². The number of allylic oxidation sites excluding steroid dienone is 1. The number of carbonyl (C=O) groups is 1. The topological polar surface area (TPSA) is 69.4 Å². The standard InChI is InChI=1S/C11H9F2NO4/c1-7(15)9(14(16)17)6-8-4-2-3-5-10(8)18-11(12)13/h2-6,11H,1H3. The molecule has 0 aliphatic heterocycles. The molecule has 7 heteroatoms. The van der Waals surface area contributed by atoms with Gasteiger partial charge in [-0.3, -0.25) is 14.9 Å². The van der Waals surface area contributed by atoms with Gasteiger partial charge < -0.3 is 4.74 Å². The summed E-state index contributed by atoms with van der Waals surface area (Å²) in [6.07, 6.45) is 0.903. The maximum Gasteiger partial charge on any atom is 0.387 e. The summed E-state index contributed by atoms with van der Waals surface area (Å²) in [5.74, 6) is -1.00. The molecule has 0 radical (unpaired) electrons. The Bertz CT molecular complexity index is 484. The van der Waals surface area contributed by atoms with Crippen molar-refractivity contribution in [3.63, 3.8) is 0 Å². The van der Waals surface area contributed by atoms with Crippen LogP contribution in [0.2, 0.25) is 0 Å². The molecule has 0 N–H and O–H groups in total. The SMILES string of the molecule is CC(=O)C(=Cc1ccccc1OC(F)F)[N+](=O)[O-]. The molecule has 0 atom stereocenters. The molecule has 1 aromatic carbocycles. The van der Waals surface area contributed by atoms with E-state index in [-0.39, 0.29) is 11.3 Å². The van der Waals surface area contributed by atoms with Crippen molar-refractivity contribution in [3.8, 4) is 5.75 Å². The monoisotopic (exact) mass is 257 g/mol.